The number of benzene rings is 1. The average Bonchev–Trinajstić information content (AvgIpc) is 2.98. The number of aryl methyl sites for hydroxylation is 1. The van der Waals surface area contributed by atoms with Gasteiger partial charge in [-0.3, -0.25) is 0 Å². The Bertz CT molecular complexity index is 684. The van der Waals surface area contributed by atoms with Crippen molar-refractivity contribution >= 4 is 22.2 Å². The molecule has 0 saturated carbocycles. The van der Waals surface area contributed by atoms with Crippen LogP contribution in [0.15, 0.2) is 35.8 Å². The van der Waals surface area contributed by atoms with Crippen LogP contribution in [0.3, 0.4) is 0 Å². The van der Waals surface area contributed by atoms with Gasteiger partial charge in [0.05, 0.1) is 22.8 Å². The molecule has 0 aliphatic rings. The summed E-state index contributed by atoms with van der Waals surface area (Å²) in [5, 5.41) is 3.89. The summed E-state index contributed by atoms with van der Waals surface area (Å²) in [5.74, 6) is -0.168. The normalized spacial score (nSPS) is 11.2. The summed E-state index contributed by atoms with van der Waals surface area (Å²) in [5.41, 5.74) is 1.96. The Kier molecular flexibility index (Phi) is 2.88. The Balaban J connectivity index is 1.97. The van der Waals surface area contributed by atoms with E-state index in [1.807, 2.05) is 22.9 Å². The summed E-state index contributed by atoms with van der Waals surface area (Å²) >= 11 is 1.68. The number of aromatic nitrogens is 2. The van der Waals surface area contributed by atoms with E-state index in [0.29, 0.717) is 11.9 Å². The van der Waals surface area contributed by atoms with E-state index in [0.717, 1.165) is 22.6 Å². The first-order valence-corrected chi connectivity index (χ1v) is 6.82. The van der Waals surface area contributed by atoms with Crippen molar-refractivity contribution in [2.24, 2.45) is 0 Å². The Hall–Kier alpha value is -1.68. The highest BCUT2D eigenvalue weighted by molar-refractivity contribution is 7.09. The second-order valence-corrected chi connectivity index (χ2v) is 5.15. The molecule has 0 atom stereocenters. The van der Waals surface area contributed by atoms with E-state index in [1.165, 1.54) is 6.07 Å². The summed E-state index contributed by atoms with van der Waals surface area (Å²) in [6.07, 6.45) is 2.88. The van der Waals surface area contributed by atoms with Gasteiger partial charge < -0.3 is 4.57 Å². The van der Waals surface area contributed by atoms with E-state index in [-0.39, 0.29) is 5.82 Å². The fourth-order valence-electron chi connectivity index (χ4n) is 2.08. The van der Waals surface area contributed by atoms with Crippen molar-refractivity contribution in [1.29, 1.82) is 0 Å². The second kappa shape index (κ2) is 4.53. The molecule has 3 aromatic rings. The Morgan fingerprint density at radius 3 is 3.00 bits per heavy atom. The number of thiazole rings is 1. The van der Waals surface area contributed by atoms with Crippen molar-refractivity contribution in [3.05, 3.63) is 52.4 Å². The maximum absolute atomic E-state index is 13.6. The molecule has 0 N–H and O–H groups in total. The van der Waals surface area contributed by atoms with Crippen molar-refractivity contribution in [3.63, 3.8) is 0 Å². The first kappa shape index (κ1) is 11.4. The molecule has 0 spiro atoms. The summed E-state index contributed by atoms with van der Waals surface area (Å²) in [6.45, 7) is 2.80. The van der Waals surface area contributed by atoms with Gasteiger partial charge in [-0.2, -0.15) is 0 Å². The lowest BCUT2D eigenvalue weighted by Crippen LogP contribution is -1.98. The second-order valence-electron chi connectivity index (χ2n) is 4.20. The smallest absolute Gasteiger partial charge is 0.132 e. The van der Waals surface area contributed by atoms with E-state index in [1.54, 1.807) is 17.4 Å². The first-order chi connectivity index (χ1) is 8.78. The lowest BCUT2D eigenvalue weighted by molar-refractivity contribution is 0.639. The van der Waals surface area contributed by atoms with Crippen LogP contribution in [0.4, 0.5) is 4.39 Å². The SMILES string of the molecule is CCc1nc(Cn2ccc3c(F)cccc32)cs1. The maximum Gasteiger partial charge on any atom is 0.132 e. The summed E-state index contributed by atoms with van der Waals surface area (Å²) in [7, 11) is 0. The van der Waals surface area contributed by atoms with Crippen molar-refractivity contribution in [3.8, 4) is 0 Å². The average molecular weight is 260 g/mol. The summed E-state index contributed by atoms with van der Waals surface area (Å²) in [4.78, 5) is 4.54. The minimum atomic E-state index is -0.168. The van der Waals surface area contributed by atoms with Crippen LogP contribution >= 0.6 is 11.3 Å². The molecule has 2 nitrogen and oxygen atoms in total. The Morgan fingerprint density at radius 2 is 2.22 bits per heavy atom. The molecular weight excluding hydrogens is 247 g/mol. The molecular formula is C14H13FN2S. The minimum absolute atomic E-state index is 0.168. The lowest BCUT2D eigenvalue weighted by atomic mass is 10.2. The van der Waals surface area contributed by atoms with Crippen LogP contribution in [0.25, 0.3) is 10.9 Å². The molecule has 0 amide bonds. The van der Waals surface area contributed by atoms with Gasteiger partial charge in [-0.05, 0) is 24.6 Å². The summed E-state index contributed by atoms with van der Waals surface area (Å²) in [6, 6.07) is 6.99. The fourth-order valence-corrected chi connectivity index (χ4v) is 2.82. The molecule has 0 saturated heterocycles. The Labute approximate surface area is 109 Å². The van der Waals surface area contributed by atoms with E-state index in [9.17, 15) is 4.39 Å². The number of rotatable bonds is 3. The third kappa shape index (κ3) is 1.93. The van der Waals surface area contributed by atoms with Crippen LogP contribution in [-0.2, 0) is 13.0 Å². The largest absolute Gasteiger partial charge is 0.341 e. The van der Waals surface area contributed by atoms with Gasteiger partial charge in [-0.15, -0.1) is 11.3 Å². The van der Waals surface area contributed by atoms with Crippen LogP contribution in [0.2, 0.25) is 0 Å². The zero-order chi connectivity index (χ0) is 12.5. The molecule has 0 unspecified atom stereocenters. The van der Waals surface area contributed by atoms with Crippen LogP contribution in [0.1, 0.15) is 17.6 Å². The standard InChI is InChI=1S/C14H13FN2S/c1-2-14-16-10(9-18-14)8-17-7-6-11-12(15)4-3-5-13(11)17/h3-7,9H,2,8H2,1H3. The van der Waals surface area contributed by atoms with Gasteiger partial charge in [-0.1, -0.05) is 13.0 Å². The quantitative estimate of drug-likeness (QED) is 0.699. The van der Waals surface area contributed by atoms with Crippen LogP contribution in [0, 0.1) is 5.82 Å². The van der Waals surface area contributed by atoms with Crippen LogP contribution in [-0.4, -0.2) is 9.55 Å². The van der Waals surface area contributed by atoms with Crippen molar-refractivity contribution < 1.29 is 4.39 Å². The molecule has 0 radical (unpaired) electrons. The number of hydrogen-bond donors (Lipinski definition) is 0. The van der Waals surface area contributed by atoms with Gasteiger partial charge in [0, 0.05) is 17.0 Å². The molecule has 0 aliphatic heterocycles. The number of fused-ring (bicyclic) bond motifs is 1. The third-order valence-electron chi connectivity index (χ3n) is 2.99. The Morgan fingerprint density at radius 1 is 1.33 bits per heavy atom. The zero-order valence-corrected chi connectivity index (χ0v) is 10.9. The van der Waals surface area contributed by atoms with Crippen molar-refractivity contribution in [1.82, 2.24) is 9.55 Å². The molecule has 3 rings (SSSR count). The third-order valence-corrected chi connectivity index (χ3v) is 4.04. The number of halogens is 1. The zero-order valence-electron chi connectivity index (χ0n) is 10.1. The van der Waals surface area contributed by atoms with Gasteiger partial charge in [0.2, 0.25) is 0 Å². The molecule has 0 fully saturated rings. The first-order valence-electron chi connectivity index (χ1n) is 5.94. The van der Waals surface area contributed by atoms with Crippen LogP contribution in [0.5, 0.6) is 0 Å². The van der Waals surface area contributed by atoms with E-state index >= 15 is 0 Å². The summed E-state index contributed by atoms with van der Waals surface area (Å²) < 4.78 is 15.6. The van der Waals surface area contributed by atoms with Gasteiger partial charge in [-0.25, -0.2) is 9.37 Å². The van der Waals surface area contributed by atoms with Gasteiger partial charge in [0.15, 0.2) is 0 Å². The number of nitrogens with zero attached hydrogens (tertiary/aromatic N) is 2. The highest BCUT2D eigenvalue weighted by Crippen LogP contribution is 2.20. The van der Waals surface area contributed by atoms with E-state index in [2.05, 4.69) is 17.3 Å². The predicted molar refractivity (Wildman–Crippen MR) is 72.5 cm³/mol. The molecule has 0 aliphatic carbocycles. The maximum atomic E-state index is 13.6. The molecule has 1 aromatic carbocycles. The van der Waals surface area contributed by atoms with Gasteiger partial charge in [0.25, 0.3) is 0 Å². The van der Waals surface area contributed by atoms with Crippen molar-refractivity contribution in [2.75, 3.05) is 0 Å². The fraction of sp³-hybridized carbons (Fsp3) is 0.214. The highest BCUT2D eigenvalue weighted by atomic mass is 32.1. The highest BCUT2D eigenvalue weighted by Gasteiger charge is 2.07. The molecule has 18 heavy (non-hydrogen) atoms. The number of hydrogen-bond acceptors (Lipinski definition) is 2. The molecule has 92 valence electrons. The predicted octanol–water partition coefficient (Wildman–Crippen LogP) is 3.85. The van der Waals surface area contributed by atoms with Crippen LogP contribution < -0.4 is 0 Å². The monoisotopic (exact) mass is 260 g/mol. The van der Waals surface area contributed by atoms with Crippen molar-refractivity contribution in [2.45, 2.75) is 19.9 Å². The van der Waals surface area contributed by atoms with E-state index < -0.39 is 0 Å². The van der Waals surface area contributed by atoms with E-state index in [4.69, 9.17) is 0 Å². The molecule has 2 aromatic heterocycles. The minimum Gasteiger partial charge on any atom is -0.341 e. The van der Waals surface area contributed by atoms with Gasteiger partial charge >= 0.3 is 0 Å². The molecule has 2 heterocycles. The van der Waals surface area contributed by atoms with Gasteiger partial charge in [0.1, 0.15) is 5.82 Å². The topological polar surface area (TPSA) is 17.8 Å². The lowest BCUT2D eigenvalue weighted by Gasteiger charge is -2.02. The molecule has 0 bridgehead atoms. The molecule has 4 heteroatoms.